The fraction of sp³-hybridized carbons (Fsp3) is 0.263. The van der Waals surface area contributed by atoms with Gasteiger partial charge in [-0.05, 0) is 24.3 Å². The summed E-state index contributed by atoms with van der Waals surface area (Å²) in [6.45, 7) is 1.04. The number of carbonyl (C=O) groups is 1. The number of nitrogens with zero attached hydrogens (tertiary/aromatic N) is 2. The predicted octanol–water partition coefficient (Wildman–Crippen LogP) is 2.94. The van der Waals surface area contributed by atoms with E-state index < -0.39 is 0 Å². The molecule has 6 nitrogen and oxygen atoms in total. The van der Waals surface area contributed by atoms with Gasteiger partial charge in [0.05, 0.1) is 29.8 Å². The third kappa shape index (κ3) is 2.79. The molecule has 1 aliphatic heterocycles. The second-order valence-corrected chi connectivity index (χ2v) is 5.85. The normalized spacial score (nSPS) is 16.8. The summed E-state index contributed by atoms with van der Waals surface area (Å²) in [5.41, 5.74) is 2.15. The number of aromatic nitrogens is 1. The highest BCUT2D eigenvalue weighted by Crippen LogP contribution is 2.31. The largest absolute Gasteiger partial charge is 0.479 e. The SMILES string of the molecule is N#CCOc1ccc2c(C(=O)OC3CCOC3)c3ccccn3c2c1. The van der Waals surface area contributed by atoms with Crippen molar-refractivity contribution in [2.75, 3.05) is 19.8 Å². The Morgan fingerprint density at radius 2 is 2.24 bits per heavy atom. The van der Waals surface area contributed by atoms with Crippen molar-refractivity contribution in [2.24, 2.45) is 0 Å². The van der Waals surface area contributed by atoms with Crippen LogP contribution >= 0.6 is 0 Å². The van der Waals surface area contributed by atoms with Gasteiger partial charge >= 0.3 is 5.97 Å². The van der Waals surface area contributed by atoms with E-state index in [9.17, 15) is 4.79 Å². The number of ether oxygens (including phenoxy) is 3. The number of benzene rings is 1. The van der Waals surface area contributed by atoms with E-state index in [0.29, 0.717) is 24.5 Å². The summed E-state index contributed by atoms with van der Waals surface area (Å²) >= 11 is 0. The van der Waals surface area contributed by atoms with Crippen LogP contribution < -0.4 is 4.74 Å². The van der Waals surface area contributed by atoms with Crippen molar-refractivity contribution in [3.05, 3.63) is 48.2 Å². The zero-order chi connectivity index (χ0) is 17.2. The van der Waals surface area contributed by atoms with Gasteiger partial charge in [0.1, 0.15) is 17.9 Å². The molecule has 25 heavy (non-hydrogen) atoms. The van der Waals surface area contributed by atoms with Gasteiger partial charge in [0.15, 0.2) is 6.61 Å². The summed E-state index contributed by atoms with van der Waals surface area (Å²) in [6, 6.07) is 13.0. The molecule has 1 aliphatic rings. The highest BCUT2D eigenvalue weighted by molar-refractivity contribution is 6.12. The molecule has 4 rings (SSSR count). The Balaban J connectivity index is 1.81. The zero-order valence-corrected chi connectivity index (χ0v) is 13.5. The molecule has 126 valence electrons. The first kappa shape index (κ1) is 15.5. The third-order valence-electron chi connectivity index (χ3n) is 4.28. The number of nitriles is 1. The van der Waals surface area contributed by atoms with Crippen LogP contribution in [-0.4, -0.2) is 36.3 Å². The van der Waals surface area contributed by atoms with Gasteiger partial charge in [-0.3, -0.25) is 0 Å². The molecule has 0 amide bonds. The number of carbonyl (C=O) groups excluding carboxylic acids is 1. The first-order valence-corrected chi connectivity index (χ1v) is 8.09. The maximum Gasteiger partial charge on any atom is 0.341 e. The maximum atomic E-state index is 12.8. The quantitative estimate of drug-likeness (QED) is 0.685. The average Bonchev–Trinajstić information content (AvgIpc) is 3.25. The molecule has 3 heterocycles. The van der Waals surface area contributed by atoms with Crippen molar-refractivity contribution in [1.29, 1.82) is 5.26 Å². The Morgan fingerprint density at radius 3 is 3.04 bits per heavy atom. The number of esters is 1. The Labute approximate surface area is 144 Å². The molecule has 0 N–H and O–H groups in total. The Hall–Kier alpha value is -3.04. The van der Waals surface area contributed by atoms with E-state index in [0.717, 1.165) is 22.8 Å². The summed E-state index contributed by atoms with van der Waals surface area (Å²) in [5.74, 6) is 0.237. The van der Waals surface area contributed by atoms with E-state index in [2.05, 4.69) is 0 Å². The van der Waals surface area contributed by atoms with Crippen LogP contribution in [0.2, 0.25) is 0 Å². The number of fused-ring (bicyclic) bond motifs is 3. The average molecular weight is 336 g/mol. The van der Waals surface area contributed by atoms with Crippen LogP contribution in [0, 0.1) is 11.3 Å². The van der Waals surface area contributed by atoms with E-state index in [4.69, 9.17) is 19.5 Å². The van der Waals surface area contributed by atoms with E-state index >= 15 is 0 Å². The summed E-state index contributed by atoms with van der Waals surface area (Å²) in [6.07, 6.45) is 2.42. The number of hydrogen-bond donors (Lipinski definition) is 0. The molecule has 3 aromatic rings. The molecule has 1 aromatic carbocycles. The summed E-state index contributed by atoms with van der Waals surface area (Å²) in [5, 5.41) is 9.46. The Morgan fingerprint density at radius 1 is 1.32 bits per heavy atom. The van der Waals surface area contributed by atoms with Crippen molar-refractivity contribution in [3.8, 4) is 11.8 Å². The molecule has 0 spiro atoms. The van der Waals surface area contributed by atoms with Crippen LogP contribution in [0.4, 0.5) is 0 Å². The van der Waals surface area contributed by atoms with Crippen LogP contribution in [0.15, 0.2) is 42.6 Å². The lowest BCUT2D eigenvalue weighted by molar-refractivity contribution is 0.0275. The van der Waals surface area contributed by atoms with Crippen molar-refractivity contribution in [3.63, 3.8) is 0 Å². The van der Waals surface area contributed by atoms with Crippen LogP contribution in [0.5, 0.6) is 5.75 Å². The van der Waals surface area contributed by atoms with Gasteiger partial charge in [0, 0.05) is 24.1 Å². The van der Waals surface area contributed by atoms with Crippen LogP contribution in [-0.2, 0) is 9.47 Å². The van der Waals surface area contributed by atoms with Gasteiger partial charge in [-0.15, -0.1) is 0 Å². The summed E-state index contributed by atoms with van der Waals surface area (Å²) < 4.78 is 18.2. The molecule has 0 bridgehead atoms. The summed E-state index contributed by atoms with van der Waals surface area (Å²) in [7, 11) is 0. The van der Waals surface area contributed by atoms with Crippen molar-refractivity contribution < 1.29 is 19.0 Å². The van der Waals surface area contributed by atoms with Crippen molar-refractivity contribution in [2.45, 2.75) is 12.5 Å². The van der Waals surface area contributed by atoms with Crippen molar-refractivity contribution in [1.82, 2.24) is 4.40 Å². The molecule has 6 heteroatoms. The number of hydrogen-bond acceptors (Lipinski definition) is 5. The van der Waals surface area contributed by atoms with E-state index in [-0.39, 0.29) is 18.7 Å². The standard InChI is InChI=1S/C19H16N2O4/c20-7-10-24-13-4-5-15-17(11-13)21-8-2-1-3-16(21)18(15)19(22)25-14-6-9-23-12-14/h1-5,8,11,14H,6,9-10,12H2. The topological polar surface area (TPSA) is 73.0 Å². The maximum absolute atomic E-state index is 12.8. The first-order chi connectivity index (χ1) is 12.3. The molecule has 0 radical (unpaired) electrons. The molecule has 1 unspecified atom stereocenters. The fourth-order valence-electron chi connectivity index (χ4n) is 3.15. The molecule has 1 fully saturated rings. The molecule has 2 aromatic heterocycles. The van der Waals surface area contributed by atoms with Gasteiger partial charge in [0.25, 0.3) is 0 Å². The van der Waals surface area contributed by atoms with Crippen LogP contribution in [0.1, 0.15) is 16.8 Å². The summed E-state index contributed by atoms with van der Waals surface area (Å²) in [4.78, 5) is 12.8. The number of pyridine rings is 1. The van der Waals surface area contributed by atoms with Gasteiger partial charge in [0.2, 0.25) is 0 Å². The second kappa shape index (κ2) is 6.46. The van der Waals surface area contributed by atoms with Crippen LogP contribution in [0.25, 0.3) is 16.4 Å². The molecule has 0 aliphatic carbocycles. The van der Waals surface area contributed by atoms with Crippen LogP contribution in [0.3, 0.4) is 0 Å². The molecule has 0 saturated carbocycles. The predicted molar refractivity (Wildman–Crippen MR) is 90.7 cm³/mol. The first-order valence-electron chi connectivity index (χ1n) is 8.09. The lowest BCUT2D eigenvalue weighted by Crippen LogP contribution is -2.18. The zero-order valence-electron chi connectivity index (χ0n) is 13.5. The van der Waals surface area contributed by atoms with Crippen molar-refractivity contribution >= 4 is 22.4 Å². The highest BCUT2D eigenvalue weighted by Gasteiger charge is 2.25. The van der Waals surface area contributed by atoms with Gasteiger partial charge in [-0.25, -0.2) is 4.79 Å². The van der Waals surface area contributed by atoms with Gasteiger partial charge < -0.3 is 18.6 Å². The second-order valence-electron chi connectivity index (χ2n) is 5.85. The highest BCUT2D eigenvalue weighted by atomic mass is 16.6. The smallest absolute Gasteiger partial charge is 0.341 e. The molecule has 1 atom stereocenters. The minimum atomic E-state index is -0.347. The fourth-order valence-corrected chi connectivity index (χ4v) is 3.15. The number of rotatable bonds is 4. The van der Waals surface area contributed by atoms with E-state index in [1.54, 1.807) is 6.07 Å². The molecular formula is C19H16N2O4. The van der Waals surface area contributed by atoms with E-state index in [1.807, 2.05) is 47.0 Å². The molecular weight excluding hydrogens is 320 g/mol. The van der Waals surface area contributed by atoms with Gasteiger partial charge in [-0.2, -0.15) is 5.26 Å². The lowest BCUT2D eigenvalue weighted by atomic mass is 10.1. The minimum Gasteiger partial charge on any atom is -0.479 e. The monoisotopic (exact) mass is 336 g/mol. The Bertz CT molecular complexity index is 980. The third-order valence-corrected chi connectivity index (χ3v) is 4.28. The minimum absolute atomic E-state index is 0.0224. The van der Waals surface area contributed by atoms with Gasteiger partial charge in [-0.1, -0.05) is 6.07 Å². The molecule has 1 saturated heterocycles. The Kier molecular flexibility index (Phi) is 4.00. The lowest BCUT2D eigenvalue weighted by Gasteiger charge is -2.09. The van der Waals surface area contributed by atoms with E-state index in [1.165, 1.54) is 0 Å².